The molecule has 0 fully saturated rings. The van der Waals surface area contributed by atoms with E-state index in [4.69, 9.17) is 4.98 Å². The molecule has 0 bridgehead atoms. The van der Waals surface area contributed by atoms with Crippen LogP contribution in [0.1, 0.15) is 68.4 Å². The molecule has 0 saturated heterocycles. The van der Waals surface area contributed by atoms with E-state index in [1.807, 2.05) is 84.6 Å². The van der Waals surface area contributed by atoms with Crippen LogP contribution in [-0.4, -0.2) is 26.9 Å². The third kappa shape index (κ3) is 6.18. The number of aromatic nitrogens is 2. The van der Waals surface area contributed by atoms with Gasteiger partial charge in [0, 0.05) is 6.54 Å². The Bertz CT molecular complexity index is 1650. The van der Waals surface area contributed by atoms with Gasteiger partial charge < -0.3 is 4.90 Å². The summed E-state index contributed by atoms with van der Waals surface area (Å²) in [4.78, 5) is 35.5. The maximum atomic E-state index is 14.7. The minimum Gasteiger partial charge on any atom is -0.332 e. The van der Waals surface area contributed by atoms with Gasteiger partial charge >= 0.3 is 0 Å². The van der Waals surface area contributed by atoms with Crippen LogP contribution in [0.5, 0.6) is 0 Å². The summed E-state index contributed by atoms with van der Waals surface area (Å²) in [5.41, 5.74) is 2.62. The van der Waals surface area contributed by atoms with E-state index in [2.05, 4.69) is 6.92 Å². The summed E-state index contributed by atoms with van der Waals surface area (Å²) in [6, 6.07) is 32.1. The van der Waals surface area contributed by atoms with Crippen molar-refractivity contribution in [1.29, 1.82) is 0 Å². The van der Waals surface area contributed by atoms with Crippen molar-refractivity contribution in [2.24, 2.45) is 0 Å². The summed E-state index contributed by atoms with van der Waals surface area (Å²) in [6.07, 6.45) is 3.97. The Morgan fingerprint density at radius 2 is 1.40 bits per heavy atom. The summed E-state index contributed by atoms with van der Waals surface area (Å²) in [6.45, 7) is 4.61. The fourth-order valence-electron chi connectivity index (χ4n) is 5.55. The van der Waals surface area contributed by atoms with Crippen LogP contribution in [0.3, 0.4) is 0 Å². The molecule has 1 atom stereocenters. The molecule has 1 unspecified atom stereocenters. The van der Waals surface area contributed by atoms with Crippen LogP contribution in [0.25, 0.3) is 16.6 Å². The third-order valence-corrected chi connectivity index (χ3v) is 7.78. The van der Waals surface area contributed by atoms with Gasteiger partial charge in [-0.15, -0.1) is 0 Å². The van der Waals surface area contributed by atoms with Crippen molar-refractivity contribution in [2.45, 2.75) is 51.5 Å². The van der Waals surface area contributed by atoms with Crippen LogP contribution in [0.15, 0.2) is 114 Å². The number of nitrogens with zero attached hydrogens (tertiary/aromatic N) is 3. The standard InChI is InChI=1S/C36H36FN3O2/c1-3-4-5-14-25-39(36(42)33(27-15-8-6-9-16-27)28-17-10-7-11-18-28)26(2)34-38-32-20-13-12-19-31(32)35(41)40(34)30-23-21-29(37)22-24-30/h6-13,15-24,26,33H,3-5,14,25H2,1-2H3. The first-order valence-electron chi connectivity index (χ1n) is 14.7. The first kappa shape index (κ1) is 28.9. The van der Waals surface area contributed by atoms with Gasteiger partial charge in [-0.05, 0) is 60.9 Å². The zero-order chi connectivity index (χ0) is 29.5. The molecule has 0 spiro atoms. The Morgan fingerprint density at radius 3 is 2.02 bits per heavy atom. The Hall–Kier alpha value is -4.58. The second kappa shape index (κ2) is 13.4. The molecule has 1 amide bonds. The monoisotopic (exact) mass is 561 g/mol. The van der Waals surface area contributed by atoms with Crippen LogP contribution in [-0.2, 0) is 4.79 Å². The molecular formula is C36H36FN3O2. The number of benzene rings is 4. The number of carbonyl (C=O) groups is 1. The summed E-state index contributed by atoms with van der Waals surface area (Å²) in [5, 5.41) is 0.463. The lowest BCUT2D eigenvalue weighted by Gasteiger charge is -2.34. The average Bonchev–Trinajstić information content (AvgIpc) is 3.02. The van der Waals surface area contributed by atoms with E-state index in [0.29, 0.717) is 29.0 Å². The molecule has 0 N–H and O–H groups in total. The molecule has 5 rings (SSSR count). The molecule has 214 valence electrons. The number of amides is 1. The summed E-state index contributed by atoms with van der Waals surface area (Å²) in [7, 11) is 0. The molecular weight excluding hydrogens is 525 g/mol. The molecule has 0 aliphatic heterocycles. The van der Waals surface area contributed by atoms with Gasteiger partial charge in [-0.3, -0.25) is 14.2 Å². The van der Waals surface area contributed by atoms with Crippen molar-refractivity contribution in [3.8, 4) is 5.69 Å². The summed E-state index contributed by atoms with van der Waals surface area (Å²) >= 11 is 0. The minimum atomic E-state index is -0.545. The number of carbonyl (C=O) groups excluding carboxylic acids is 1. The molecule has 0 saturated carbocycles. The number of unbranched alkanes of at least 4 members (excludes halogenated alkanes) is 3. The SMILES string of the molecule is CCCCCCN(C(=O)C(c1ccccc1)c1ccccc1)C(C)c1nc2ccccc2c(=O)n1-c1ccc(F)cc1. The van der Waals surface area contributed by atoms with Crippen molar-refractivity contribution in [1.82, 2.24) is 14.5 Å². The van der Waals surface area contributed by atoms with Crippen molar-refractivity contribution in [2.75, 3.05) is 6.54 Å². The van der Waals surface area contributed by atoms with E-state index in [0.717, 1.165) is 36.8 Å². The first-order valence-corrected chi connectivity index (χ1v) is 14.7. The number of halogens is 1. The molecule has 5 nitrogen and oxygen atoms in total. The number of rotatable bonds is 11. The fraction of sp³-hybridized carbons (Fsp3) is 0.250. The highest BCUT2D eigenvalue weighted by Gasteiger charge is 2.33. The van der Waals surface area contributed by atoms with E-state index >= 15 is 0 Å². The number of hydrogen-bond acceptors (Lipinski definition) is 3. The average molecular weight is 562 g/mol. The van der Waals surface area contributed by atoms with E-state index in [9.17, 15) is 14.0 Å². The van der Waals surface area contributed by atoms with Gasteiger partial charge in [0.15, 0.2) is 0 Å². The number of para-hydroxylation sites is 1. The lowest BCUT2D eigenvalue weighted by molar-refractivity contribution is -0.134. The normalized spacial score (nSPS) is 12.0. The highest BCUT2D eigenvalue weighted by molar-refractivity contribution is 5.87. The summed E-state index contributed by atoms with van der Waals surface area (Å²) in [5.74, 6) is -0.526. The van der Waals surface area contributed by atoms with E-state index < -0.39 is 17.8 Å². The highest BCUT2D eigenvalue weighted by Crippen LogP contribution is 2.32. The van der Waals surface area contributed by atoms with Crippen LogP contribution in [0, 0.1) is 5.82 Å². The van der Waals surface area contributed by atoms with Crippen molar-refractivity contribution < 1.29 is 9.18 Å². The molecule has 6 heteroatoms. The Labute approximate surface area is 246 Å². The maximum absolute atomic E-state index is 14.7. The summed E-state index contributed by atoms with van der Waals surface area (Å²) < 4.78 is 15.4. The van der Waals surface area contributed by atoms with Gasteiger partial charge in [0.05, 0.1) is 28.6 Å². The van der Waals surface area contributed by atoms with Gasteiger partial charge in [-0.2, -0.15) is 0 Å². The quantitative estimate of drug-likeness (QED) is 0.155. The third-order valence-electron chi connectivity index (χ3n) is 7.78. The van der Waals surface area contributed by atoms with Crippen LogP contribution < -0.4 is 5.56 Å². The van der Waals surface area contributed by atoms with Crippen LogP contribution in [0.4, 0.5) is 4.39 Å². The Morgan fingerprint density at radius 1 is 0.810 bits per heavy atom. The molecule has 4 aromatic carbocycles. The van der Waals surface area contributed by atoms with Gasteiger partial charge in [-0.25, -0.2) is 9.37 Å². The van der Waals surface area contributed by atoms with Crippen molar-refractivity contribution >= 4 is 16.8 Å². The number of fused-ring (bicyclic) bond motifs is 1. The molecule has 42 heavy (non-hydrogen) atoms. The zero-order valence-corrected chi connectivity index (χ0v) is 24.1. The topological polar surface area (TPSA) is 55.2 Å². The molecule has 5 aromatic rings. The van der Waals surface area contributed by atoms with Gasteiger partial charge in [0.1, 0.15) is 11.6 Å². The first-order chi connectivity index (χ1) is 20.5. The smallest absolute Gasteiger partial charge is 0.266 e. The van der Waals surface area contributed by atoms with Gasteiger partial charge in [0.2, 0.25) is 5.91 Å². The van der Waals surface area contributed by atoms with E-state index in [1.54, 1.807) is 24.3 Å². The fourth-order valence-corrected chi connectivity index (χ4v) is 5.55. The molecule has 0 radical (unpaired) electrons. The predicted molar refractivity (Wildman–Crippen MR) is 166 cm³/mol. The predicted octanol–water partition coefficient (Wildman–Crippen LogP) is 7.83. The van der Waals surface area contributed by atoms with Crippen LogP contribution >= 0.6 is 0 Å². The van der Waals surface area contributed by atoms with Crippen LogP contribution in [0.2, 0.25) is 0 Å². The minimum absolute atomic E-state index is 0.0514. The second-order valence-electron chi connectivity index (χ2n) is 10.6. The molecule has 1 heterocycles. The number of hydrogen-bond donors (Lipinski definition) is 0. The zero-order valence-electron chi connectivity index (χ0n) is 24.1. The Balaban J connectivity index is 1.66. The maximum Gasteiger partial charge on any atom is 0.266 e. The Kier molecular flexibility index (Phi) is 9.22. The van der Waals surface area contributed by atoms with Crippen molar-refractivity contribution in [3.05, 3.63) is 142 Å². The van der Waals surface area contributed by atoms with Crippen molar-refractivity contribution in [3.63, 3.8) is 0 Å². The highest BCUT2D eigenvalue weighted by atomic mass is 19.1. The largest absolute Gasteiger partial charge is 0.332 e. The molecule has 0 aliphatic rings. The van der Waals surface area contributed by atoms with E-state index in [1.165, 1.54) is 16.7 Å². The molecule has 0 aliphatic carbocycles. The van der Waals surface area contributed by atoms with E-state index in [-0.39, 0.29) is 11.5 Å². The lowest BCUT2D eigenvalue weighted by atomic mass is 9.89. The van der Waals surface area contributed by atoms with Gasteiger partial charge in [0.25, 0.3) is 5.56 Å². The second-order valence-corrected chi connectivity index (χ2v) is 10.6. The molecule has 1 aromatic heterocycles. The lowest BCUT2D eigenvalue weighted by Crippen LogP contribution is -2.41. The van der Waals surface area contributed by atoms with Gasteiger partial charge in [-0.1, -0.05) is 99.0 Å².